The van der Waals surface area contributed by atoms with Gasteiger partial charge in [-0.2, -0.15) is 5.26 Å². The van der Waals surface area contributed by atoms with E-state index >= 15 is 0 Å². The predicted molar refractivity (Wildman–Crippen MR) is 109 cm³/mol. The summed E-state index contributed by atoms with van der Waals surface area (Å²) < 4.78 is 11.2. The first-order chi connectivity index (χ1) is 13.6. The molecule has 0 aliphatic carbocycles. The second-order valence-corrected chi connectivity index (χ2v) is 7.18. The number of hydrogen-bond acceptors (Lipinski definition) is 5. The highest BCUT2D eigenvalue weighted by Gasteiger charge is 2.48. The highest BCUT2D eigenvalue weighted by Crippen LogP contribution is 2.45. The molecular weight excluding hydrogens is 351 g/mol. The van der Waals surface area contributed by atoms with Gasteiger partial charge in [-0.1, -0.05) is 51.5 Å². The van der Waals surface area contributed by atoms with Gasteiger partial charge in [0.2, 0.25) is 0 Å². The van der Waals surface area contributed by atoms with E-state index in [9.17, 15) is 4.79 Å². The largest absolute Gasteiger partial charge is 0.492 e. The molecule has 2 heterocycles. The van der Waals surface area contributed by atoms with E-state index in [0.29, 0.717) is 18.9 Å². The van der Waals surface area contributed by atoms with Gasteiger partial charge in [0.1, 0.15) is 17.8 Å². The van der Waals surface area contributed by atoms with Crippen molar-refractivity contribution in [1.29, 1.82) is 10.5 Å². The summed E-state index contributed by atoms with van der Waals surface area (Å²) in [6, 6.07) is 8.22. The zero-order chi connectivity index (χ0) is 20.6. The van der Waals surface area contributed by atoms with Crippen LogP contribution in [0.3, 0.4) is 0 Å². The topological polar surface area (TPSA) is 83.1 Å². The van der Waals surface area contributed by atoms with E-state index in [2.05, 4.69) is 18.1 Å². The smallest absolute Gasteiger partial charge is 0.320 e. The molecule has 5 nitrogen and oxygen atoms in total. The molecule has 0 radical (unpaired) electrons. The Bertz CT molecular complexity index is 760. The van der Waals surface area contributed by atoms with Crippen molar-refractivity contribution >= 4 is 12.7 Å². The lowest BCUT2D eigenvalue weighted by molar-refractivity contribution is -0.150. The van der Waals surface area contributed by atoms with Crippen LogP contribution < -0.4 is 4.74 Å². The Morgan fingerprint density at radius 3 is 2.64 bits per heavy atom. The molecule has 2 aliphatic rings. The van der Waals surface area contributed by atoms with Crippen molar-refractivity contribution < 1.29 is 14.3 Å². The Morgan fingerprint density at radius 1 is 1.32 bits per heavy atom. The first kappa shape index (κ1) is 21.8. The van der Waals surface area contributed by atoms with Crippen LogP contribution >= 0.6 is 0 Å². The zero-order valence-electron chi connectivity index (χ0n) is 17.2. The maximum Gasteiger partial charge on any atom is 0.320 e. The Morgan fingerprint density at radius 2 is 2.04 bits per heavy atom. The molecule has 1 unspecified atom stereocenters. The van der Waals surface area contributed by atoms with Crippen LogP contribution in [0.5, 0.6) is 5.75 Å². The van der Waals surface area contributed by atoms with Crippen LogP contribution in [0.15, 0.2) is 18.2 Å². The van der Waals surface area contributed by atoms with Crippen molar-refractivity contribution in [1.82, 2.24) is 0 Å². The number of esters is 1. The molecular formula is C22H29BN2O3. The fraction of sp³-hybridized carbons (Fsp3) is 0.591. The number of hydrogen-bond donors (Lipinski definition) is 0. The van der Waals surface area contributed by atoms with Crippen molar-refractivity contribution in [2.75, 3.05) is 13.2 Å². The van der Waals surface area contributed by atoms with Crippen LogP contribution in [-0.4, -0.2) is 25.9 Å². The van der Waals surface area contributed by atoms with E-state index in [0.717, 1.165) is 36.8 Å². The highest BCUT2D eigenvalue weighted by atomic mass is 16.5. The van der Waals surface area contributed by atoms with Crippen LogP contribution in [0.2, 0.25) is 12.6 Å². The Labute approximate surface area is 168 Å². The highest BCUT2D eigenvalue weighted by molar-refractivity contribution is 6.67. The van der Waals surface area contributed by atoms with E-state index in [1.54, 1.807) is 6.92 Å². The van der Waals surface area contributed by atoms with Crippen molar-refractivity contribution in [3.8, 4) is 17.8 Å². The van der Waals surface area contributed by atoms with Gasteiger partial charge in [-0.15, -0.1) is 0 Å². The van der Waals surface area contributed by atoms with Crippen LogP contribution in [0, 0.1) is 22.6 Å². The predicted octanol–water partition coefficient (Wildman–Crippen LogP) is 4.64. The van der Waals surface area contributed by atoms with E-state index in [1.165, 1.54) is 5.56 Å². The Kier molecular flexibility index (Phi) is 7.94. The standard InChI is InChI=1S/C20H23BN2O3.C2H6/c1-2-25-19(24)20(8-3-11-22)13-26-18-12-16(4-5-17(18)20)15-6-9-21(14-23)10-7-15;1-2/h4-5,12,15H,2-3,6-10,13H2,1H3;1-2H3. The summed E-state index contributed by atoms with van der Waals surface area (Å²) in [6.45, 7) is 6.50. The molecule has 1 aromatic carbocycles. The number of benzene rings is 1. The second-order valence-electron chi connectivity index (χ2n) is 7.18. The zero-order valence-corrected chi connectivity index (χ0v) is 17.2. The van der Waals surface area contributed by atoms with Gasteiger partial charge in [-0.25, -0.2) is 5.26 Å². The van der Waals surface area contributed by atoms with E-state index in [-0.39, 0.29) is 25.7 Å². The first-order valence-electron chi connectivity index (χ1n) is 10.4. The van der Waals surface area contributed by atoms with Crippen molar-refractivity contribution in [2.24, 2.45) is 0 Å². The minimum atomic E-state index is -0.877. The van der Waals surface area contributed by atoms with Gasteiger partial charge in [0.05, 0.1) is 12.7 Å². The Hall–Kier alpha value is -2.47. The normalized spacial score (nSPS) is 20.7. The molecule has 3 rings (SSSR count). The molecule has 0 amide bonds. The minimum absolute atomic E-state index is 0.180. The molecule has 148 valence electrons. The number of carbonyl (C=O) groups excluding carboxylic acids is 1. The lowest BCUT2D eigenvalue weighted by Crippen LogP contribution is -2.39. The third kappa shape index (κ3) is 4.33. The number of carbonyl (C=O) groups is 1. The Balaban J connectivity index is 0.00000136. The van der Waals surface area contributed by atoms with Gasteiger partial charge in [-0.3, -0.25) is 4.79 Å². The van der Waals surface area contributed by atoms with Gasteiger partial charge < -0.3 is 9.47 Å². The number of fused-ring (bicyclic) bond motifs is 1. The summed E-state index contributed by atoms with van der Waals surface area (Å²) in [6.07, 6.45) is 4.58. The van der Waals surface area contributed by atoms with Crippen molar-refractivity contribution in [2.45, 2.75) is 70.4 Å². The second kappa shape index (κ2) is 10.2. The molecule has 1 fully saturated rings. The van der Waals surface area contributed by atoms with Gasteiger partial charge >= 0.3 is 5.97 Å². The number of nitrogens with zero attached hydrogens (tertiary/aromatic N) is 2. The van der Waals surface area contributed by atoms with Crippen molar-refractivity contribution in [3.05, 3.63) is 29.3 Å². The van der Waals surface area contributed by atoms with E-state index in [1.807, 2.05) is 26.0 Å². The minimum Gasteiger partial charge on any atom is -0.492 e. The molecule has 2 aliphatic heterocycles. The fourth-order valence-corrected chi connectivity index (χ4v) is 4.16. The molecule has 28 heavy (non-hydrogen) atoms. The maximum atomic E-state index is 12.6. The first-order valence-corrected chi connectivity index (χ1v) is 10.4. The van der Waals surface area contributed by atoms with Crippen LogP contribution in [0.25, 0.3) is 0 Å². The van der Waals surface area contributed by atoms with Gasteiger partial charge in [-0.05, 0) is 30.9 Å². The molecule has 6 heteroatoms. The molecule has 0 bridgehead atoms. The summed E-state index contributed by atoms with van der Waals surface area (Å²) in [4.78, 5) is 12.6. The molecule has 1 aromatic rings. The summed E-state index contributed by atoms with van der Waals surface area (Å²) in [5.41, 5.74) is 1.17. The van der Waals surface area contributed by atoms with E-state index in [4.69, 9.17) is 20.0 Å². The average Bonchev–Trinajstić information content (AvgIpc) is 3.13. The maximum absolute atomic E-state index is 12.6. The molecule has 1 saturated heterocycles. The summed E-state index contributed by atoms with van der Waals surface area (Å²) in [7, 11) is 0. The quantitative estimate of drug-likeness (QED) is 0.549. The molecule has 0 N–H and O–H groups in total. The van der Waals surface area contributed by atoms with Crippen molar-refractivity contribution in [3.63, 3.8) is 0 Å². The lowest BCUT2D eigenvalue weighted by Gasteiger charge is -2.26. The molecule has 0 saturated carbocycles. The third-order valence-corrected chi connectivity index (χ3v) is 5.71. The molecule has 0 spiro atoms. The monoisotopic (exact) mass is 380 g/mol. The molecule has 1 atom stereocenters. The van der Waals surface area contributed by atoms with Crippen LogP contribution in [-0.2, 0) is 14.9 Å². The van der Waals surface area contributed by atoms with E-state index < -0.39 is 5.41 Å². The van der Waals surface area contributed by atoms with Crippen LogP contribution in [0.4, 0.5) is 0 Å². The summed E-state index contributed by atoms with van der Waals surface area (Å²) >= 11 is 0. The number of nitriles is 2. The summed E-state index contributed by atoms with van der Waals surface area (Å²) in [5.74, 6) is 3.23. The lowest BCUT2D eigenvalue weighted by atomic mass is 9.41. The molecule has 0 aromatic heterocycles. The van der Waals surface area contributed by atoms with Gasteiger partial charge in [0, 0.05) is 18.0 Å². The number of ether oxygens (including phenoxy) is 2. The number of rotatable bonds is 5. The van der Waals surface area contributed by atoms with Crippen LogP contribution in [0.1, 0.15) is 63.5 Å². The average molecular weight is 380 g/mol. The summed E-state index contributed by atoms with van der Waals surface area (Å²) in [5, 5.41) is 18.1. The van der Waals surface area contributed by atoms with Gasteiger partial charge in [0.15, 0.2) is 0 Å². The van der Waals surface area contributed by atoms with Gasteiger partial charge in [0.25, 0.3) is 6.71 Å². The SMILES string of the molecule is CC.CCOC(=O)C1(CCC#N)COc2cc(C3CCB(C#N)CC3)ccc21. The third-order valence-electron chi connectivity index (χ3n) is 5.71. The fourth-order valence-electron chi connectivity index (χ4n) is 4.16.